The summed E-state index contributed by atoms with van der Waals surface area (Å²) < 4.78 is 38.2. The van der Waals surface area contributed by atoms with Gasteiger partial charge in [0.25, 0.3) is 0 Å². The van der Waals surface area contributed by atoms with E-state index in [-0.39, 0.29) is 12.0 Å². The van der Waals surface area contributed by atoms with E-state index in [9.17, 15) is 0 Å². The van der Waals surface area contributed by atoms with Gasteiger partial charge in [0.2, 0.25) is 0 Å². The van der Waals surface area contributed by atoms with Crippen LogP contribution in [0.1, 0.15) is 19.8 Å². The molecule has 32 heavy (non-hydrogen) atoms. The second-order valence-electron chi connectivity index (χ2n) is 5.93. The molecule has 0 aromatic rings. The maximum Gasteiger partial charge on any atom is 0.182 e. The number of hydrogen-bond donors (Lipinski definition) is 3. The lowest BCUT2D eigenvalue weighted by Crippen LogP contribution is -2.21. The monoisotopic (exact) mass is 473 g/mol. The SMILES string of the molecule is CCOC.COCC(CC(=N)OC)OC.COCCCNCOC.COCCNCOC. The molecule has 0 aromatic heterocycles. The summed E-state index contributed by atoms with van der Waals surface area (Å²) in [5.41, 5.74) is 0. The molecule has 0 aromatic carbocycles. The summed E-state index contributed by atoms with van der Waals surface area (Å²) in [5.74, 6) is 0.217. The van der Waals surface area contributed by atoms with Crippen molar-refractivity contribution in [3.63, 3.8) is 0 Å². The molecule has 11 heteroatoms. The maximum absolute atomic E-state index is 7.19. The Morgan fingerprint density at radius 1 is 0.719 bits per heavy atom. The lowest BCUT2D eigenvalue weighted by Gasteiger charge is -2.13. The molecule has 3 N–H and O–H groups in total. The molecule has 0 saturated heterocycles. The standard InChI is InChI=1S/C7H15NO3.C6H15NO2.C5H13NO2.C3H8O/c1-9-5-6(10-2)4-7(8)11-3;1-8-5-3-4-7-6-9-2;1-7-4-3-6-5-8-2;1-3-4-2/h6,8H,4-5H2,1-3H3;7H,3-6H2,1-2H3;6H,3-5H2,1-2H3;3H2,1-2H3. The predicted octanol–water partition coefficient (Wildman–Crippen LogP) is 1.36. The first-order valence-corrected chi connectivity index (χ1v) is 10.5. The molecule has 0 fully saturated rings. The minimum absolute atomic E-state index is 0.0764. The van der Waals surface area contributed by atoms with Gasteiger partial charge in [0, 0.05) is 69.5 Å². The van der Waals surface area contributed by atoms with Crippen LogP contribution in [0.2, 0.25) is 0 Å². The number of hydrogen-bond acceptors (Lipinski definition) is 11. The Bertz CT molecular complexity index is 303. The van der Waals surface area contributed by atoms with Gasteiger partial charge in [-0.05, 0) is 19.9 Å². The van der Waals surface area contributed by atoms with Crippen molar-refractivity contribution in [2.75, 3.05) is 110 Å². The highest BCUT2D eigenvalue weighted by Crippen LogP contribution is 1.98. The third kappa shape index (κ3) is 47.1. The normalized spacial score (nSPS) is 10.5. The molecule has 0 heterocycles. The van der Waals surface area contributed by atoms with Crippen LogP contribution in [0.5, 0.6) is 0 Å². The zero-order chi connectivity index (χ0) is 25.3. The Kier molecular flexibility index (Phi) is 48.5. The van der Waals surface area contributed by atoms with Crippen LogP contribution in [0.4, 0.5) is 0 Å². The van der Waals surface area contributed by atoms with Crippen molar-refractivity contribution in [3.05, 3.63) is 0 Å². The summed E-state index contributed by atoms with van der Waals surface area (Å²) in [6, 6.07) is 0. The summed E-state index contributed by atoms with van der Waals surface area (Å²) in [7, 11) is 13.0. The van der Waals surface area contributed by atoms with E-state index in [0.29, 0.717) is 26.5 Å². The Hall–Kier alpha value is -0.890. The van der Waals surface area contributed by atoms with Crippen molar-refractivity contribution in [2.45, 2.75) is 25.9 Å². The highest BCUT2D eigenvalue weighted by molar-refractivity contribution is 5.72. The average Bonchev–Trinajstić information content (AvgIpc) is 2.82. The fourth-order valence-corrected chi connectivity index (χ4v) is 1.55. The highest BCUT2D eigenvalue weighted by Gasteiger charge is 2.09. The van der Waals surface area contributed by atoms with Crippen molar-refractivity contribution in [3.8, 4) is 0 Å². The van der Waals surface area contributed by atoms with E-state index in [2.05, 4.69) is 20.1 Å². The van der Waals surface area contributed by atoms with Crippen LogP contribution in [-0.4, -0.2) is 122 Å². The average molecular weight is 474 g/mol. The van der Waals surface area contributed by atoms with Crippen molar-refractivity contribution < 1.29 is 37.9 Å². The zero-order valence-electron chi connectivity index (χ0n) is 21.9. The van der Waals surface area contributed by atoms with Crippen LogP contribution in [-0.2, 0) is 37.9 Å². The molecule has 198 valence electrons. The van der Waals surface area contributed by atoms with Gasteiger partial charge >= 0.3 is 0 Å². The van der Waals surface area contributed by atoms with Gasteiger partial charge in [-0.3, -0.25) is 16.0 Å². The van der Waals surface area contributed by atoms with Gasteiger partial charge in [-0.25, -0.2) is 0 Å². The quantitative estimate of drug-likeness (QED) is 0.123. The number of methoxy groups -OCH3 is 8. The van der Waals surface area contributed by atoms with Gasteiger partial charge in [-0.15, -0.1) is 0 Å². The Balaban J connectivity index is -0.000000171. The molecular formula is C21H51N3O8. The van der Waals surface area contributed by atoms with E-state index < -0.39 is 0 Å². The number of ether oxygens (including phenoxy) is 8. The summed E-state index contributed by atoms with van der Waals surface area (Å²) in [4.78, 5) is 0. The first kappa shape index (κ1) is 38.4. The molecule has 0 rings (SSSR count). The molecule has 0 radical (unpaired) electrons. The van der Waals surface area contributed by atoms with E-state index in [1.165, 1.54) is 7.11 Å². The fraction of sp³-hybridized carbons (Fsp3) is 0.952. The first-order chi connectivity index (χ1) is 15.5. The molecular weight excluding hydrogens is 422 g/mol. The molecule has 1 unspecified atom stereocenters. The smallest absolute Gasteiger partial charge is 0.182 e. The Morgan fingerprint density at radius 2 is 1.25 bits per heavy atom. The summed E-state index contributed by atoms with van der Waals surface area (Å²) >= 11 is 0. The van der Waals surface area contributed by atoms with E-state index in [0.717, 1.165) is 39.3 Å². The van der Waals surface area contributed by atoms with Crippen LogP contribution < -0.4 is 10.6 Å². The van der Waals surface area contributed by atoms with Crippen LogP contribution in [0.25, 0.3) is 0 Å². The second-order valence-corrected chi connectivity index (χ2v) is 5.93. The molecule has 0 aliphatic carbocycles. The van der Waals surface area contributed by atoms with E-state index in [1.54, 1.807) is 49.8 Å². The van der Waals surface area contributed by atoms with Crippen LogP contribution >= 0.6 is 0 Å². The van der Waals surface area contributed by atoms with Crippen LogP contribution in [0.3, 0.4) is 0 Å². The lowest BCUT2D eigenvalue weighted by molar-refractivity contribution is 0.0302. The number of rotatable bonds is 17. The fourth-order valence-electron chi connectivity index (χ4n) is 1.55. The van der Waals surface area contributed by atoms with Gasteiger partial charge < -0.3 is 37.9 Å². The largest absolute Gasteiger partial charge is 0.484 e. The summed E-state index contributed by atoms with van der Waals surface area (Å²) in [5, 5.41) is 13.2. The number of nitrogens with one attached hydrogen (secondary N) is 3. The molecule has 0 amide bonds. The minimum Gasteiger partial charge on any atom is -0.484 e. The Labute approximate surface area is 196 Å². The maximum atomic E-state index is 7.19. The summed E-state index contributed by atoms with van der Waals surface area (Å²) in [6.45, 7) is 7.86. The van der Waals surface area contributed by atoms with Gasteiger partial charge in [0.1, 0.15) is 0 Å². The van der Waals surface area contributed by atoms with E-state index in [4.69, 9.17) is 33.8 Å². The minimum atomic E-state index is -0.0764. The van der Waals surface area contributed by atoms with Crippen molar-refractivity contribution in [1.82, 2.24) is 10.6 Å². The van der Waals surface area contributed by atoms with Gasteiger partial charge in [0.05, 0.1) is 46.3 Å². The third-order valence-corrected chi connectivity index (χ3v) is 3.31. The lowest BCUT2D eigenvalue weighted by atomic mass is 10.2. The molecule has 0 aliphatic heterocycles. The summed E-state index contributed by atoms with van der Waals surface area (Å²) in [6.07, 6.45) is 1.42. The molecule has 0 spiro atoms. The third-order valence-electron chi connectivity index (χ3n) is 3.31. The van der Waals surface area contributed by atoms with E-state index >= 15 is 0 Å². The van der Waals surface area contributed by atoms with Crippen molar-refractivity contribution >= 4 is 5.90 Å². The van der Waals surface area contributed by atoms with Crippen molar-refractivity contribution in [1.29, 1.82) is 5.41 Å². The molecule has 0 saturated carbocycles. The van der Waals surface area contributed by atoms with Gasteiger partial charge in [-0.2, -0.15) is 0 Å². The van der Waals surface area contributed by atoms with E-state index in [1.807, 2.05) is 6.92 Å². The molecule has 1 atom stereocenters. The van der Waals surface area contributed by atoms with Gasteiger partial charge in [0.15, 0.2) is 5.90 Å². The molecule has 0 bridgehead atoms. The van der Waals surface area contributed by atoms with Gasteiger partial charge in [-0.1, -0.05) is 0 Å². The zero-order valence-corrected chi connectivity index (χ0v) is 21.9. The predicted molar refractivity (Wildman–Crippen MR) is 128 cm³/mol. The Morgan fingerprint density at radius 3 is 1.62 bits per heavy atom. The van der Waals surface area contributed by atoms with Crippen molar-refractivity contribution in [2.24, 2.45) is 0 Å². The van der Waals surface area contributed by atoms with Crippen LogP contribution in [0.15, 0.2) is 0 Å². The second kappa shape index (κ2) is 40.5. The molecule has 0 aliphatic rings. The first-order valence-electron chi connectivity index (χ1n) is 10.5. The molecule has 11 nitrogen and oxygen atoms in total. The van der Waals surface area contributed by atoms with Crippen LogP contribution in [0, 0.1) is 5.41 Å². The topological polar surface area (TPSA) is 122 Å². The highest BCUT2D eigenvalue weighted by atomic mass is 16.5.